The molecule has 0 amide bonds. The molecule has 0 bridgehead atoms. The van der Waals surface area contributed by atoms with E-state index in [-0.39, 0.29) is 18.4 Å². The highest BCUT2D eigenvalue weighted by Crippen LogP contribution is 2.60. The third-order valence-electron chi connectivity index (χ3n) is 6.26. The maximum Gasteiger partial charge on any atom is 0.334 e. The quantitative estimate of drug-likeness (QED) is 0.580. The fourth-order valence-corrected chi connectivity index (χ4v) is 4.87. The Labute approximate surface area is 135 Å². The van der Waals surface area contributed by atoms with E-state index in [9.17, 15) is 19.8 Å². The number of rotatable bonds is 2. The summed E-state index contributed by atoms with van der Waals surface area (Å²) in [4.78, 5) is 23.4. The van der Waals surface area contributed by atoms with E-state index < -0.39 is 35.2 Å². The van der Waals surface area contributed by atoms with Crippen molar-refractivity contribution in [2.24, 2.45) is 17.3 Å². The standard InChI is InChI=1S/C17H24O6/c1-9-4-5-12-10(2)15(20)23-14(12)16(8-22-11(3)18)13(19)6-7-17(9,16)21/h9,12-14,19,21H,2,4-8H2,1,3H3. The van der Waals surface area contributed by atoms with E-state index in [4.69, 9.17) is 9.47 Å². The molecule has 6 heteroatoms. The first-order valence-corrected chi connectivity index (χ1v) is 8.17. The summed E-state index contributed by atoms with van der Waals surface area (Å²) in [5.41, 5.74) is -2.06. The molecule has 3 aliphatic rings. The van der Waals surface area contributed by atoms with Crippen LogP contribution in [0.25, 0.3) is 0 Å². The van der Waals surface area contributed by atoms with E-state index in [0.717, 1.165) is 0 Å². The van der Waals surface area contributed by atoms with Gasteiger partial charge in [0.1, 0.15) is 12.7 Å². The van der Waals surface area contributed by atoms with Crippen LogP contribution in [0.15, 0.2) is 12.2 Å². The van der Waals surface area contributed by atoms with Crippen molar-refractivity contribution >= 4 is 11.9 Å². The third-order valence-corrected chi connectivity index (χ3v) is 6.26. The Hall–Kier alpha value is -1.40. The normalized spacial score (nSPS) is 45.9. The SMILES string of the molecule is C=C1C(=O)OC2C1CCC(C)C1(O)CCC(O)C21COC(C)=O. The van der Waals surface area contributed by atoms with Crippen molar-refractivity contribution in [1.82, 2.24) is 0 Å². The first-order chi connectivity index (χ1) is 10.7. The predicted octanol–water partition coefficient (Wildman–Crippen LogP) is 0.949. The first kappa shape index (κ1) is 16.5. The molecule has 1 aliphatic heterocycles. The Balaban J connectivity index is 2.11. The van der Waals surface area contributed by atoms with Crippen LogP contribution in [0.1, 0.15) is 39.5 Å². The van der Waals surface area contributed by atoms with Crippen LogP contribution in [0.2, 0.25) is 0 Å². The molecule has 0 spiro atoms. The average molecular weight is 324 g/mol. The topological polar surface area (TPSA) is 93.1 Å². The molecule has 2 N–H and O–H groups in total. The van der Waals surface area contributed by atoms with Crippen molar-refractivity contribution in [1.29, 1.82) is 0 Å². The first-order valence-electron chi connectivity index (χ1n) is 8.17. The summed E-state index contributed by atoms with van der Waals surface area (Å²) in [5.74, 6) is -1.34. The van der Waals surface area contributed by atoms with Crippen LogP contribution in [0, 0.1) is 17.3 Å². The van der Waals surface area contributed by atoms with Gasteiger partial charge in [0.25, 0.3) is 0 Å². The summed E-state index contributed by atoms with van der Waals surface area (Å²) >= 11 is 0. The second kappa shape index (κ2) is 5.31. The zero-order valence-corrected chi connectivity index (χ0v) is 13.6. The minimum Gasteiger partial charge on any atom is -0.465 e. The Morgan fingerprint density at radius 2 is 2.13 bits per heavy atom. The lowest BCUT2D eigenvalue weighted by Crippen LogP contribution is -2.62. The fourth-order valence-electron chi connectivity index (χ4n) is 4.87. The number of hydrogen-bond acceptors (Lipinski definition) is 6. The van der Waals surface area contributed by atoms with Crippen molar-refractivity contribution in [3.8, 4) is 0 Å². The van der Waals surface area contributed by atoms with Gasteiger partial charge in [-0.05, 0) is 31.6 Å². The molecule has 2 saturated carbocycles. The van der Waals surface area contributed by atoms with Crippen LogP contribution in [0.3, 0.4) is 0 Å². The van der Waals surface area contributed by atoms with E-state index in [1.807, 2.05) is 6.92 Å². The van der Waals surface area contributed by atoms with Gasteiger partial charge in [-0.2, -0.15) is 0 Å². The summed E-state index contributed by atoms with van der Waals surface area (Å²) in [5, 5.41) is 22.2. The van der Waals surface area contributed by atoms with Gasteiger partial charge < -0.3 is 19.7 Å². The van der Waals surface area contributed by atoms with E-state index in [1.54, 1.807) is 0 Å². The molecule has 0 aromatic carbocycles. The van der Waals surface area contributed by atoms with Crippen LogP contribution in [0.4, 0.5) is 0 Å². The number of fused-ring (bicyclic) bond motifs is 3. The van der Waals surface area contributed by atoms with Gasteiger partial charge in [0.15, 0.2) is 0 Å². The van der Waals surface area contributed by atoms with Crippen molar-refractivity contribution in [3.63, 3.8) is 0 Å². The van der Waals surface area contributed by atoms with Crippen LogP contribution >= 0.6 is 0 Å². The van der Waals surface area contributed by atoms with Gasteiger partial charge in [-0.3, -0.25) is 4.79 Å². The van der Waals surface area contributed by atoms with Crippen LogP contribution in [-0.2, 0) is 19.1 Å². The third kappa shape index (κ3) is 2.08. The molecule has 128 valence electrons. The molecule has 6 nitrogen and oxygen atoms in total. The summed E-state index contributed by atoms with van der Waals surface area (Å²) in [6.07, 6.45) is 0.516. The van der Waals surface area contributed by atoms with Crippen LogP contribution in [-0.4, -0.2) is 46.6 Å². The van der Waals surface area contributed by atoms with Gasteiger partial charge in [-0.1, -0.05) is 13.5 Å². The molecule has 2 aliphatic carbocycles. The molecule has 6 unspecified atom stereocenters. The van der Waals surface area contributed by atoms with Crippen molar-refractivity contribution in [3.05, 3.63) is 12.2 Å². The highest BCUT2D eigenvalue weighted by molar-refractivity contribution is 5.91. The Bertz CT molecular complexity index is 557. The molecule has 1 saturated heterocycles. The minimum atomic E-state index is -1.24. The molecule has 6 atom stereocenters. The van der Waals surface area contributed by atoms with Crippen molar-refractivity contribution in [2.45, 2.75) is 57.3 Å². The molecule has 3 rings (SSSR count). The van der Waals surface area contributed by atoms with Gasteiger partial charge in [-0.15, -0.1) is 0 Å². The summed E-state index contributed by atoms with van der Waals surface area (Å²) in [6.45, 7) is 6.89. The Kier molecular flexibility index (Phi) is 3.80. The number of carbonyl (C=O) groups is 2. The van der Waals surface area contributed by atoms with Crippen LogP contribution in [0.5, 0.6) is 0 Å². The molecule has 3 fully saturated rings. The number of carbonyl (C=O) groups excluding carboxylic acids is 2. The lowest BCUT2D eigenvalue weighted by atomic mass is 9.64. The average Bonchev–Trinajstić information content (AvgIpc) is 2.89. The summed E-state index contributed by atoms with van der Waals surface area (Å²) < 4.78 is 10.8. The molecule has 0 radical (unpaired) electrons. The lowest BCUT2D eigenvalue weighted by molar-refractivity contribution is -0.211. The van der Waals surface area contributed by atoms with Crippen LogP contribution < -0.4 is 0 Å². The minimum absolute atomic E-state index is 0.104. The number of ether oxygens (including phenoxy) is 2. The van der Waals surface area contributed by atoms with E-state index in [0.29, 0.717) is 31.3 Å². The van der Waals surface area contributed by atoms with E-state index in [2.05, 4.69) is 6.58 Å². The summed E-state index contributed by atoms with van der Waals surface area (Å²) in [7, 11) is 0. The second-order valence-corrected chi connectivity index (χ2v) is 7.24. The zero-order valence-electron chi connectivity index (χ0n) is 13.6. The number of aliphatic hydroxyl groups excluding tert-OH is 1. The van der Waals surface area contributed by atoms with Gasteiger partial charge in [-0.25, -0.2) is 4.79 Å². The molecular weight excluding hydrogens is 300 g/mol. The van der Waals surface area contributed by atoms with Gasteiger partial charge in [0.05, 0.1) is 17.1 Å². The second-order valence-electron chi connectivity index (χ2n) is 7.24. The Morgan fingerprint density at radius 1 is 1.43 bits per heavy atom. The summed E-state index contributed by atoms with van der Waals surface area (Å²) in [6, 6.07) is 0. The fraction of sp³-hybridized carbons (Fsp3) is 0.765. The van der Waals surface area contributed by atoms with E-state index >= 15 is 0 Å². The molecule has 1 heterocycles. The van der Waals surface area contributed by atoms with Crippen molar-refractivity contribution < 1.29 is 29.3 Å². The zero-order chi connectivity index (χ0) is 17.0. The number of aliphatic hydroxyl groups is 2. The van der Waals surface area contributed by atoms with Gasteiger partial charge >= 0.3 is 11.9 Å². The highest BCUT2D eigenvalue weighted by atomic mass is 16.6. The number of hydrogen-bond donors (Lipinski definition) is 2. The van der Waals surface area contributed by atoms with Gasteiger partial charge in [0.2, 0.25) is 0 Å². The molecule has 23 heavy (non-hydrogen) atoms. The molecular formula is C17H24O6. The largest absolute Gasteiger partial charge is 0.465 e. The molecule has 0 aromatic rings. The molecule has 0 aromatic heterocycles. The highest BCUT2D eigenvalue weighted by Gasteiger charge is 2.71. The van der Waals surface area contributed by atoms with E-state index in [1.165, 1.54) is 6.92 Å². The van der Waals surface area contributed by atoms with Crippen molar-refractivity contribution in [2.75, 3.05) is 6.61 Å². The maximum absolute atomic E-state index is 12.0. The van der Waals surface area contributed by atoms with Gasteiger partial charge in [0, 0.05) is 18.4 Å². The predicted molar refractivity (Wildman–Crippen MR) is 80.2 cm³/mol. The lowest BCUT2D eigenvalue weighted by Gasteiger charge is -2.48. The smallest absolute Gasteiger partial charge is 0.334 e. The number of esters is 2. The monoisotopic (exact) mass is 324 g/mol. The maximum atomic E-state index is 12.0. The Morgan fingerprint density at radius 3 is 2.78 bits per heavy atom.